The van der Waals surface area contributed by atoms with Gasteiger partial charge in [-0.2, -0.15) is 0 Å². The number of hydrogen-bond donors (Lipinski definition) is 2. The van der Waals surface area contributed by atoms with E-state index >= 15 is 0 Å². The van der Waals surface area contributed by atoms with Gasteiger partial charge < -0.3 is 20.4 Å². The quantitative estimate of drug-likeness (QED) is 0.658. The van der Waals surface area contributed by atoms with Gasteiger partial charge in [0, 0.05) is 67.7 Å². The van der Waals surface area contributed by atoms with E-state index in [4.69, 9.17) is 11.6 Å². The predicted octanol–water partition coefficient (Wildman–Crippen LogP) is 4.50. The summed E-state index contributed by atoms with van der Waals surface area (Å²) in [5.74, 6) is 0.469. The molecule has 0 aromatic heterocycles. The average molecular weight is 493 g/mol. The van der Waals surface area contributed by atoms with Gasteiger partial charge >= 0.3 is 6.03 Å². The minimum absolute atomic E-state index is 0.00766. The van der Waals surface area contributed by atoms with E-state index in [2.05, 4.69) is 20.6 Å². The van der Waals surface area contributed by atoms with Gasteiger partial charge in [0.15, 0.2) is 0 Å². The highest BCUT2D eigenvalue weighted by Crippen LogP contribution is 2.22. The van der Waals surface area contributed by atoms with E-state index in [9.17, 15) is 9.59 Å². The molecule has 2 aromatic rings. The zero-order valence-corrected chi connectivity index (χ0v) is 20.6. The number of nitrogens with zero attached hydrogens (tertiary/aromatic N) is 4. The normalized spacial score (nSPS) is 16.1. The summed E-state index contributed by atoms with van der Waals surface area (Å²) in [7, 11) is 3.44. The molecule has 1 fully saturated rings. The highest BCUT2D eigenvalue weighted by Gasteiger charge is 2.25. The summed E-state index contributed by atoms with van der Waals surface area (Å²) in [4.78, 5) is 37.2. The molecule has 2 aliphatic rings. The summed E-state index contributed by atoms with van der Waals surface area (Å²) in [5.41, 5.74) is 3.20. The smallest absolute Gasteiger partial charge is 0.317 e. The summed E-state index contributed by atoms with van der Waals surface area (Å²) in [5, 5.41) is 6.90. The molecule has 3 amide bonds. The maximum Gasteiger partial charge on any atom is 0.317 e. The van der Waals surface area contributed by atoms with E-state index in [1.165, 1.54) is 4.90 Å². The molecule has 2 heterocycles. The van der Waals surface area contributed by atoms with Gasteiger partial charge in [0.05, 0.1) is 5.70 Å². The topological polar surface area (TPSA) is 89.4 Å². The molecule has 0 saturated carbocycles. The molecule has 2 aromatic carbocycles. The van der Waals surface area contributed by atoms with Gasteiger partial charge in [0.25, 0.3) is 5.91 Å². The number of likely N-dealkylation sites (tertiary alicyclic amines) is 1. The van der Waals surface area contributed by atoms with Crippen LogP contribution in [0.15, 0.2) is 64.6 Å². The minimum Gasteiger partial charge on any atom is -0.338 e. The molecule has 4 rings (SSSR count). The number of guanidine groups is 1. The largest absolute Gasteiger partial charge is 0.338 e. The van der Waals surface area contributed by atoms with Gasteiger partial charge in [-0.3, -0.25) is 4.79 Å². The number of piperidine rings is 1. The number of carbonyl (C=O) groups is 2. The average Bonchev–Trinajstić information content (AvgIpc) is 3.10. The SMILES string of the molecule is CN(C)C(=O)NC1CCN(C(=O)c2ccc(NC3=NC(c4ccc(Cl)cc4)=CCC=N3)cc2)CC1. The van der Waals surface area contributed by atoms with Crippen LogP contribution in [-0.2, 0) is 0 Å². The number of benzene rings is 2. The first-order valence-electron chi connectivity index (χ1n) is 11.6. The molecule has 0 bridgehead atoms. The third-order valence-electron chi connectivity index (χ3n) is 5.90. The highest BCUT2D eigenvalue weighted by atomic mass is 35.5. The van der Waals surface area contributed by atoms with Crippen molar-refractivity contribution in [1.29, 1.82) is 0 Å². The van der Waals surface area contributed by atoms with E-state index in [1.54, 1.807) is 20.3 Å². The number of carbonyl (C=O) groups excluding carboxylic acids is 2. The number of urea groups is 1. The van der Waals surface area contributed by atoms with Gasteiger partial charge in [-0.15, -0.1) is 0 Å². The van der Waals surface area contributed by atoms with Gasteiger partial charge in [-0.05, 0) is 49.2 Å². The van der Waals surface area contributed by atoms with E-state index in [0.29, 0.717) is 36.1 Å². The van der Waals surface area contributed by atoms with E-state index in [0.717, 1.165) is 29.8 Å². The molecular formula is C26H29ClN6O2. The van der Waals surface area contributed by atoms with Crippen LogP contribution in [-0.4, -0.2) is 67.1 Å². The summed E-state index contributed by atoms with van der Waals surface area (Å²) < 4.78 is 0. The lowest BCUT2D eigenvalue weighted by Gasteiger charge is -2.33. The van der Waals surface area contributed by atoms with Crippen molar-refractivity contribution in [3.63, 3.8) is 0 Å². The zero-order valence-electron chi connectivity index (χ0n) is 19.9. The number of halogens is 1. The maximum atomic E-state index is 13.0. The molecule has 0 spiro atoms. The van der Waals surface area contributed by atoms with Crippen LogP contribution in [0.5, 0.6) is 0 Å². The number of anilines is 1. The van der Waals surface area contributed by atoms with Crippen molar-refractivity contribution >= 4 is 47.1 Å². The molecule has 9 heteroatoms. The molecule has 2 aliphatic heterocycles. The molecule has 182 valence electrons. The number of hydrogen-bond acceptors (Lipinski definition) is 5. The van der Waals surface area contributed by atoms with Crippen molar-refractivity contribution in [2.45, 2.75) is 25.3 Å². The van der Waals surface area contributed by atoms with Crippen LogP contribution < -0.4 is 10.6 Å². The third kappa shape index (κ3) is 6.48. The second-order valence-corrected chi connectivity index (χ2v) is 9.13. The molecular weight excluding hydrogens is 464 g/mol. The Bertz CT molecular complexity index is 1150. The van der Waals surface area contributed by atoms with E-state index < -0.39 is 0 Å². The van der Waals surface area contributed by atoms with Gasteiger partial charge in [0.2, 0.25) is 5.96 Å². The Kier molecular flexibility index (Phi) is 7.82. The Morgan fingerprint density at radius 2 is 1.71 bits per heavy atom. The molecule has 0 unspecified atom stereocenters. The summed E-state index contributed by atoms with van der Waals surface area (Å²) >= 11 is 6.00. The zero-order chi connectivity index (χ0) is 24.8. The van der Waals surface area contributed by atoms with Crippen molar-refractivity contribution < 1.29 is 9.59 Å². The van der Waals surface area contributed by atoms with Crippen LogP contribution >= 0.6 is 11.6 Å². The monoisotopic (exact) mass is 492 g/mol. The van der Waals surface area contributed by atoms with Crippen molar-refractivity contribution in [2.24, 2.45) is 9.98 Å². The first-order chi connectivity index (χ1) is 16.9. The fourth-order valence-electron chi connectivity index (χ4n) is 3.89. The Balaban J connectivity index is 1.35. The van der Waals surface area contributed by atoms with Crippen LogP contribution in [0, 0.1) is 0 Å². The fraction of sp³-hybridized carbons (Fsp3) is 0.308. The molecule has 0 aliphatic carbocycles. The van der Waals surface area contributed by atoms with Crippen LogP contribution in [0.4, 0.5) is 10.5 Å². The van der Waals surface area contributed by atoms with Gasteiger partial charge in [0.1, 0.15) is 0 Å². The standard InChI is InChI=1S/C26H29ClN6O2/c1-32(2)26(35)30-22-13-16-33(17-14-22)24(34)19-7-11-21(12-8-19)29-25-28-15-3-4-23(31-25)18-5-9-20(27)10-6-18/h4-12,15,22H,3,13-14,16-17H2,1-2H3,(H,29,31)(H,30,35). The molecule has 1 saturated heterocycles. The Hall–Kier alpha value is -3.65. The summed E-state index contributed by atoms with van der Waals surface area (Å²) in [6.07, 6.45) is 5.98. The van der Waals surface area contributed by atoms with E-state index in [-0.39, 0.29) is 18.0 Å². The van der Waals surface area contributed by atoms with Crippen LogP contribution in [0.25, 0.3) is 5.70 Å². The number of nitrogens with one attached hydrogen (secondary N) is 2. The second kappa shape index (κ2) is 11.2. The summed E-state index contributed by atoms with van der Waals surface area (Å²) in [6, 6.07) is 14.8. The molecule has 0 radical (unpaired) electrons. The number of rotatable bonds is 4. The second-order valence-electron chi connectivity index (χ2n) is 8.69. The maximum absolute atomic E-state index is 13.0. The van der Waals surface area contributed by atoms with E-state index in [1.807, 2.05) is 59.5 Å². The highest BCUT2D eigenvalue weighted by molar-refractivity contribution is 6.30. The first kappa shape index (κ1) is 24.5. The van der Waals surface area contributed by atoms with Crippen LogP contribution in [0.1, 0.15) is 35.2 Å². The third-order valence-corrected chi connectivity index (χ3v) is 6.15. The van der Waals surface area contributed by atoms with Gasteiger partial charge in [-0.1, -0.05) is 29.8 Å². The molecule has 2 N–H and O–H groups in total. The predicted molar refractivity (Wildman–Crippen MR) is 141 cm³/mol. The summed E-state index contributed by atoms with van der Waals surface area (Å²) in [6.45, 7) is 1.23. The Morgan fingerprint density at radius 1 is 1.03 bits per heavy atom. The van der Waals surface area contributed by atoms with Crippen molar-refractivity contribution in [3.8, 4) is 0 Å². The lowest BCUT2D eigenvalue weighted by atomic mass is 10.0. The molecule has 8 nitrogen and oxygen atoms in total. The lowest BCUT2D eigenvalue weighted by Crippen LogP contribution is -2.48. The van der Waals surface area contributed by atoms with Crippen molar-refractivity contribution in [1.82, 2.24) is 15.1 Å². The lowest BCUT2D eigenvalue weighted by molar-refractivity contribution is 0.0707. The van der Waals surface area contributed by atoms with Gasteiger partial charge in [-0.25, -0.2) is 14.8 Å². The molecule has 0 atom stereocenters. The fourth-order valence-corrected chi connectivity index (χ4v) is 4.02. The van der Waals surface area contributed by atoms with Crippen LogP contribution in [0.2, 0.25) is 5.02 Å². The number of amides is 3. The van der Waals surface area contributed by atoms with Crippen molar-refractivity contribution in [2.75, 3.05) is 32.5 Å². The number of aliphatic imine (C=N–C) groups is 2. The molecule has 35 heavy (non-hydrogen) atoms. The Labute approximate surface area is 210 Å². The minimum atomic E-state index is -0.101. The number of allylic oxidation sites excluding steroid dienone is 1. The van der Waals surface area contributed by atoms with Crippen molar-refractivity contribution in [3.05, 3.63) is 70.8 Å². The van der Waals surface area contributed by atoms with Crippen LogP contribution in [0.3, 0.4) is 0 Å². The Morgan fingerprint density at radius 3 is 2.37 bits per heavy atom. The first-order valence-corrected chi connectivity index (χ1v) is 12.0.